The van der Waals surface area contributed by atoms with Crippen molar-refractivity contribution in [1.82, 2.24) is 0 Å². The van der Waals surface area contributed by atoms with Crippen molar-refractivity contribution in [2.45, 2.75) is 25.8 Å². The molecule has 0 saturated carbocycles. The number of imide groups is 1. The van der Waals surface area contributed by atoms with Crippen molar-refractivity contribution in [3.63, 3.8) is 0 Å². The van der Waals surface area contributed by atoms with Gasteiger partial charge in [-0.15, -0.1) is 0 Å². The highest BCUT2D eigenvalue weighted by atomic mass is 16.2. The van der Waals surface area contributed by atoms with Gasteiger partial charge in [-0.3, -0.25) is 9.59 Å². The van der Waals surface area contributed by atoms with Crippen molar-refractivity contribution in [3.8, 4) is 0 Å². The van der Waals surface area contributed by atoms with Crippen LogP contribution >= 0.6 is 0 Å². The lowest BCUT2D eigenvalue weighted by atomic mass is 10.1. The first-order valence-electron chi connectivity index (χ1n) is 8.49. The molecule has 1 aliphatic rings. The zero-order chi connectivity index (χ0) is 18.0. The van der Waals surface area contributed by atoms with Crippen LogP contribution in [0.2, 0.25) is 0 Å². The molecule has 130 valence electrons. The third-order valence-corrected chi connectivity index (χ3v) is 4.47. The molecule has 0 bridgehead atoms. The average Bonchev–Trinajstić information content (AvgIpc) is 2.89. The quantitative estimate of drug-likeness (QED) is 0.852. The number of rotatable bonds is 5. The summed E-state index contributed by atoms with van der Waals surface area (Å²) in [6.07, 6.45) is 1.10. The van der Waals surface area contributed by atoms with Gasteiger partial charge in [-0.05, 0) is 48.4 Å². The summed E-state index contributed by atoms with van der Waals surface area (Å²) in [7, 11) is 3.95. The molecule has 1 atom stereocenters. The summed E-state index contributed by atoms with van der Waals surface area (Å²) in [5.74, 6) is -0.373. The van der Waals surface area contributed by atoms with Gasteiger partial charge in [0.2, 0.25) is 5.91 Å². The van der Waals surface area contributed by atoms with Gasteiger partial charge in [0.25, 0.3) is 5.91 Å². The van der Waals surface area contributed by atoms with Gasteiger partial charge in [0.1, 0.15) is 6.04 Å². The molecule has 0 radical (unpaired) electrons. The normalized spacial score (nSPS) is 17.1. The summed E-state index contributed by atoms with van der Waals surface area (Å²) in [5, 5.41) is 3.18. The van der Waals surface area contributed by atoms with E-state index >= 15 is 0 Å². The van der Waals surface area contributed by atoms with E-state index in [2.05, 4.69) is 12.2 Å². The first-order valence-corrected chi connectivity index (χ1v) is 8.49. The molecule has 0 aliphatic carbocycles. The highest BCUT2D eigenvalue weighted by Gasteiger charge is 2.39. The van der Waals surface area contributed by atoms with Gasteiger partial charge in [-0.2, -0.15) is 0 Å². The van der Waals surface area contributed by atoms with Gasteiger partial charge >= 0.3 is 0 Å². The summed E-state index contributed by atoms with van der Waals surface area (Å²) < 4.78 is 0. The molecule has 0 aromatic heterocycles. The van der Waals surface area contributed by atoms with Crippen molar-refractivity contribution in [1.29, 1.82) is 0 Å². The molecular weight excluding hydrogens is 314 g/mol. The molecular formula is C20H23N3O2. The van der Waals surface area contributed by atoms with E-state index in [0.717, 1.165) is 17.8 Å². The van der Waals surface area contributed by atoms with Crippen LogP contribution in [0.15, 0.2) is 48.5 Å². The minimum Gasteiger partial charge on any atom is -0.378 e. The fourth-order valence-corrected chi connectivity index (χ4v) is 2.95. The number of nitrogens with zero attached hydrogens (tertiary/aromatic N) is 2. The minimum atomic E-state index is -0.524. The molecule has 25 heavy (non-hydrogen) atoms. The molecule has 1 heterocycles. The first kappa shape index (κ1) is 17.0. The summed E-state index contributed by atoms with van der Waals surface area (Å²) in [4.78, 5) is 28.3. The van der Waals surface area contributed by atoms with Crippen LogP contribution in [0, 0.1) is 0 Å². The lowest BCUT2D eigenvalue weighted by Crippen LogP contribution is -2.34. The van der Waals surface area contributed by atoms with Gasteiger partial charge < -0.3 is 10.2 Å². The molecule has 5 nitrogen and oxygen atoms in total. The maximum atomic E-state index is 12.7. The van der Waals surface area contributed by atoms with Gasteiger partial charge in [-0.1, -0.05) is 19.1 Å². The van der Waals surface area contributed by atoms with Crippen LogP contribution in [0.3, 0.4) is 0 Å². The van der Waals surface area contributed by atoms with E-state index in [4.69, 9.17) is 0 Å². The van der Waals surface area contributed by atoms with E-state index in [-0.39, 0.29) is 18.2 Å². The van der Waals surface area contributed by atoms with E-state index in [0.29, 0.717) is 5.69 Å². The zero-order valence-corrected chi connectivity index (χ0v) is 14.8. The lowest BCUT2D eigenvalue weighted by molar-refractivity contribution is -0.121. The Morgan fingerprint density at radius 2 is 1.68 bits per heavy atom. The number of amides is 2. The fourth-order valence-electron chi connectivity index (χ4n) is 2.95. The highest BCUT2D eigenvalue weighted by Crippen LogP contribution is 2.26. The topological polar surface area (TPSA) is 52.7 Å². The van der Waals surface area contributed by atoms with Crippen LogP contribution in [0.25, 0.3) is 0 Å². The standard InChI is InChI=1S/C20H23N3O2/c1-4-14-5-9-17(10-6-14)23-19(24)13-18(20(23)25)21-15-7-11-16(12-8-15)22(2)3/h5-12,18,21H,4,13H2,1-3H3. The van der Waals surface area contributed by atoms with E-state index in [1.165, 1.54) is 10.5 Å². The van der Waals surface area contributed by atoms with Gasteiger partial charge in [0.05, 0.1) is 12.1 Å². The number of hydrogen-bond donors (Lipinski definition) is 1. The molecule has 1 saturated heterocycles. The second-order valence-corrected chi connectivity index (χ2v) is 6.43. The van der Waals surface area contributed by atoms with Crippen molar-refractivity contribution >= 4 is 28.9 Å². The predicted octanol–water partition coefficient (Wildman–Crippen LogP) is 3.06. The molecule has 2 aromatic rings. The van der Waals surface area contributed by atoms with Crippen molar-refractivity contribution in [3.05, 3.63) is 54.1 Å². The van der Waals surface area contributed by atoms with E-state index in [1.807, 2.05) is 67.5 Å². The number of carbonyl (C=O) groups excluding carboxylic acids is 2. The average molecular weight is 337 g/mol. The molecule has 1 N–H and O–H groups in total. The Labute approximate surface area is 148 Å². The third kappa shape index (κ3) is 3.50. The number of anilines is 3. The molecule has 1 fully saturated rings. The number of aryl methyl sites for hydroxylation is 1. The summed E-state index contributed by atoms with van der Waals surface area (Å²) in [6, 6.07) is 14.9. The van der Waals surface area contributed by atoms with Gasteiger partial charge in [0, 0.05) is 25.5 Å². The van der Waals surface area contributed by atoms with Crippen molar-refractivity contribution < 1.29 is 9.59 Å². The molecule has 3 rings (SSSR count). The second kappa shape index (κ2) is 6.97. The van der Waals surface area contributed by atoms with E-state index in [9.17, 15) is 9.59 Å². The molecule has 1 unspecified atom stereocenters. The Bertz CT molecular complexity index is 767. The maximum absolute atomic E-state index is 12.7. The van der Waals surface area contributed by atoms with Gasteiger partial charge in [0.15, 0.2) is 0 Å². The van der Waals surface area contributed by atoms with Gasteiger partial charge in [-0.25, -0.2) is 4.90 Å². The minimum absolute atomic E-state index is 0.170. The summed E-state index contributed by atoms with van der Waals surface area (Å²) >= 11 is 0. The third-order valence-electron chi connectivity index (χ3n) is 4.47. The monoisotopic (exact) mass is 337 g/mol. The molecule has 5 heteroatoms. The first-order chi connectivity index (χ1) is 12.0. The molecule has 0 spiro atoms. The van der Waals surface area contributed by atoms with Crippen LogP contribution in [0.1, 0.15) is 18.9 Å². The molecule has 2 amide bonds. The SMILES string of the molecule is CCc1ccc(N2C(=O)CC(Nc3ccc(N(C)C)cc3)C2=O)cc1. The zero-order valence-electron chi connectivity index (χ0n) is 14.8. The molecule has 1 aliphatic heterocycles. The second-order valence-electron chi connectivity index (χ2n) is 6.43. The fraction of sp³-hybridized carbons (Fsp3) is 0.300. The Morgan fingerprint density at radius 1 is 1.04 bits per heavy atom. The number of hydrogen-bond acceptors (Lipinski definition) is 4. The van der Waals surface area contributed by atoms with E-state index < -0.39 is 6.04 Å². The van der Waals surface area contributed by atoms with Crippen LogP contribution < -0.4 is 15.1 Å². The van der Waals surface area contributed by atoms with Crippen molar-refractivity contribution in [2.24, 2.45) is 0 Å². The lowest BCUT2D eigenvalue weighted by Gasteiger charge is -2.17. The number of nitrogens with one attached hydrogen (secondary N) is 1. The predicted molar refractivity (Wildman–Crippen MR) is 101 cm³/mol. The van der Waals surface area contributed by atoms with Crippen LogP contribution in [-0.2, 0) is 16.0 Å². The highest BCUT2D eigenvalue weighted by molar-refractivity contribution is 6.23. The van der Waals surface area contributed by atoms with E-state index in [1.54, 1.807) is 0 Å². The Hall–Kier alpha value is -2.82. The van der Waals surface area contributed by atoms with Crippen LogP contribution in [0.5, 0.6) is 0 Å². The van der Waals surface area contributed by atoms with Crippen molar-refractivity contribution in [2.75, 3.05) is 29.2 Å². The Kier molecular flexibility index (Phi) is 4.74. The Balaban J connectivity index is 1.74. The molecule has 2 aromatic carbocycles. The van der Waals surface area contributed by atoms with Crippen LogP contribution in [-0.4, -0.2) is 32.0 Å². The van der Waals surface area contributed by atoms with Crippen LogP contribution in [0.4, 0.5) is 17.1 Å². The summed E-state index contributed by atoms with van der Waals surface area (Å²) in [5.41, 5.74) is 3.73. The number of benzene rings is 2. The Morgan fingerprint density at radius 3 is 2.24 bits per heavy atom. The smallest absolute Gasteiger partial charge is 0.256 e. The number of carbonyl (C=O) groups is 2. The summed E-state index contributed by atoms with van der Waals surface area (Å²) in [6.45, 7) is 2.07. The largest absolute Gasteiger partial charge is 0.378 e. The maximum Gasteiger partial charge on any atom is 0.256 e.